The first-order chi connectivity index (χ1) is 10.2. The monoisotopic (exact) mass is 350 g/mol. The molecule has 0 spiro atoms. The molecule has 5 heteroatoms. The molecule has 21 heavy (non-hydrogen) atoms. The molecule has 2 atom stereocenters. The minimum Gasteiger partial charge on any atom is -0.497 e. The summed E-state index contributed by atoms with van der Waals surface area (Å²) in [6, 6.07) is 5.64. The first-order valence-corrected chi connectivity index (χ1v) is 8.16. The fourth-order valence-corrected chi connectivity index (χ4v) is 3.72. The van der Waals surface area contributed by atoms with Gasteiger partial charge in [0, 0.05) is 16.0 Å². The number of hydrogen-bond donors (Lipinski definition) is 1. The first-order valence-electron chi connectivity index (χ1n) is 7.37. The van der Waals surface area contributed by atoms with Gasteiger partial charge in [-0.15, -0.1) is 0 Å². The molecule has 112 valence electrons. The van der Waals surface area contributed by atoms with Crippen LogP contribution in [0.15, 0.2) is 27.8 Å². The Morgan fingerprint density at radius 3 is 2.76 bits per heavy atom. The van der Waals surface area contributed by atoms with E-state index in [-0.39, 0.29) is 11.8 Å². The van der Waals surface area contributed by atoms with Crippen LogP contribution in [0.3, 0.4) is 0 Å². The summed E-state index contributed by atoms with van der Waals surface area (Å²) < 4.78 is 6.10. The number of methoxy groups -OCH3 is 1. The number of amides is 1. The summed E-state index contributed by atoms with van der Waals surface area (Å²) in [7, 11) is 1.63. The summed E-state index contributed by atoms with van der Waals surface area (Å²) in [6.45, 7) is 0. The molecule has 0 aromatic heterocycles. The maximum atomic E-state index is 12.1. The lowest BCUT2D eigenvalue weighted by atomic mass is 10.0. The molecular weight excluding hydrogens is 332 g/mol. The smallest absolute Gasteiger partial charge is 0.243 e. The van der Waals surface area contributed by atoms with Gasteiger partial charge in [-0.1, -0.05) is 28.8 Å². The second-order valence-corrected chi connectivity index (χ2v) is 6.61. The third kappa shape index (κ3) is 3.12. The van der Waals surface area contributed by atoms with E-state index < -0.39 is 0 Å². The van der Waals surface area contributed by atoms with Crippen molar-refractivity contribution in [3.05, 3.63) is 28.2 Å². The number of nitrogens with zero attached hydrogens (tertiary/aromatic N) is 1. The van der Waals surface area contributed by atoms with E-state index in [9.17, 15) is 4.79 Å². The highest BCUT2D eigenvalue weighted by Crippen LogP contribution is 2.55. The Bertz CT molecular complexity index is 561. The summed E-state index contributed by atoms with van der Waals surface area (Å²) in [4.78, 5) is 12.1. The molecular formula is C16H19BrN2O2. The molecule has 1 N–H and O–H groups in total. The van der Waals surface area contributed by atoms with Crippen molar-refractivity contribution in [3.63, 3.8) is 0 Å². The molecule has 1 aromatic rings. The largest absolute Gasteiger partial charge is 0.497 e. The zero-order valence-electron chi connectivity index (χ0n) is 12.0. The summed E-state index contributed by atoms with van der Waals surface area (Å²) in [5.74, 6) is 2.25. The molecule has 2 aliphatic carbocycles. The standard InChI is InChI=1S/C16H19BrN2O2/c1-21-11-6-7-14(17)10(8-11)9-18-19-16(20)15-12-4-2-3-5-13(12)15/h6-9,12-13,15H,2-5H2,1H3,(H,19,20)/t12-,13-/m0/s1. The summed E-state index contributed by atoms with van der Waals surface area (Å²) in [6.07, 6.45) is 6.59. The van der Waals surface area contributed by atoms with Crippen LogP contribution in [0.1, 0.15) is 31.2 Å². The number of nitrogens with one attached hydrogen (secondary N) is 1. The van der Waals surface area contributed by atoms with Crippen LogP contribution in [0, 0.1) is 17.8 Å². The Balaban J connectivity index is 1.58. The Morgan fingerprint density at radius 2 is 2.10 bits per heavy atom. The van der Waals surface area contributed by atoms with Crippen molar-refractivity contribution in [1.29, 1.82) is 0 Å². The fourth-order valence-electron chi connectivity index (χ4n) is 3.37. The average Bonchev–Trinajstić information content (AvgIpc) is 3.23. The van der Waals surface area contributed by atoms with Crippen LogP contribution in [-0.4, -0.2) is 19.2 Å². The van der Waals surface area contributed by atoms with E-state index in [1.807, 2.05) is 18.2 Å². The third-order valence-corrected chi connectivity index (χ3v) is 5.26. The normalized spacial score (nSPS) is 27.2. The third-order valence-electron chi connectivity index (χ3n) is 4.54. The number of hydrazone groups is 1. The van der Waals surface area contributed by atoms with Crippen molar-refractivity contribution in [1.82, 2.24) is 5.43 Å². The van der Waals surface area contributed by atoms with Crippen LogP contribution in [0.2, 0.25) is 0 Å². The lowest BCUT2D eigenvalue weighted by Crippen LogP contribution is -2.20. The lowest BCUT2D eigenvalue weighted by molar-refractivity contribution is -0.122. The van der Waals surface area contributed by atoms with Gasteiger partial charge in [0.15, 0.2) is 0 Å². The number of rotatable bonds is 4. The Kier molecular flexibility index (Phi) is 4.29. The average molecular weight is 351 g/mol. The number of ether oxygens (including phenoxy) is 1. The zero-order valence-corrected chi connectivity index (χ0v) is 13.6. The van der Waals surface area contributed by atoms with E-state index in [1.165, 1.54) is 25.7 Å². The van der Waals surface area contributed by atoms with Crippen molar-refractivity contribution in [2.24, 2.45) is 22.9 Å². The number of hydrogen-bond acceptors (Lipinski definition) is 3. The minimum atomic E-state index is 0.0715. The van der Waals surface area contributed by atoms with E-state index >= 15 is 0 Å². The number of carbonyl (C=O) groups excluding carboxylic acids is 1. The van der Waals surface area contributed by atoms with Crippen LogP contribution < -0.4 is 10.2 Å². The minimum absolute atomic E-state index is 0.0715. The maximum Gasteiger partial charge on any atom is 0.243 e. The molecule has 2 saturated carbocycles. The summed E-state index contributed by atoms with van der Waals surface area (Å²) >= 11 is 3.46. The van der Waals surface area contributed by atoms with Crippen molar-refractivity contribution in [2.75, 3.05) is 7.11 Å². The molecule has 2 fully saturated rings. The molecule has 0 aliphatic heterocycles. The van der Waals surface area contributed by atoms with Gasteiger partial charge in [0.1, 0.15) is 5.75 Å². The molecule has 0 radical (unpaired) electrons. The van der Waals surface area contributed by atoms with E-state index in [0.717, 1.165) is 15.8 Å². The molecule has 1 aromatic carbocycles. The predicted molar refractivity (Wildman–Crippen MR) is 85.4 cm³/mol. The SMILES string of the molecule is COc1ccc(Br)c(C=NNC(=O)C2[C@H]3CCCC[C@H]23)c1. The Morgan fingerprint density at radius 1 is 1.38 bits per heavy atom. The molecule has 3 rings (SSSR count). The van der Waals surface area contributed by atoms with Crippen LogP contribution in [0.25, 0.3) is 0 Å². The van der Waals surface area contributed by atoms with Gasteiger partial charge in [-0.2, -0.15) is 5.10 Å². The van der Waals surface area contributed by atoms with Crippen molar-refractivity contribution >= 4 is 28.1 Å². The molecule has 0 heterocycles. The highest BCUT2D eigenvalue weighted by Gasteiger charge is 2.54. The molecule has 4 nitrogen and oxygen atoms in total. The van der Waals surface area contributed by atoms with E-state index in [1.54, 1.807) is 13.3 Å². The molecule has 0 saturated heterocycles. The Labute approximate surface area is 133 Å². The first kappa shape index (κ1) is 14.6. The van der Waals surface area contributed by atoms with Gasteiger partial charge in [-0.3, -0.25) is 4.79 Å². The van der Waals surface area contributed by atoms with Crippen molar-refractivity contribution in [2.45, 2.75) is 25.7 Å². The fraction of sp³-hybridized carbons (Fsp3) is 0.500. The van der Waals surface area contributed by atoms with Crippen molar-refractivity contribution in [3.8, 4) is 5.75 Å². The molecule has 2 aliphatic rings. The topological polar surface area (TPSA) is 50.7 Å². The molecule has 0 unspecified atom stereocenters. The van der Waals surface area contributed by atoms with E-state index in [0.29, 0.717) is 11.8 Å². The second kappa shape index (κ2) is 6.18. The lowest BCUT2D eigenvalue weighted by Gasteiger charge is -2.04. The van der Waals surface area contributed by atoms with Gasteiger partial charge in [-0.05, 0) is 42.9 Å². The van der Waals surface area contributed by atoms with Gasteiger partial charge < -0.3 is 4.74 Å². The van der Waals surface area contributed by atoms with Crippen LogP contribution in [-0.2, 0) is 4.79 Å². The zero-order chi connectivity index (χ0) is 14.8. The highest BCUT2D eigenvalue weighted by atomic mass is 79.9. The maximum absolute atomic E-state index is 12.1. The van der Waals surface area contributed by atoms with Gasteiger partial charge in [0.2, 0.25) is 5.91 Å². The molecule has 0 bridgehead atoms. The number of halogens is 1. The van der Waals surface area contributed by atoms with Gasteiger partial charge >= 0.3 is 0 Å². The van der Waals surface area contributed by atoms with Crippen LogP contribution in [0.5, 0.6) is 5.75 Å². The summed E-state index contributed by atoms with van der Waals surface area (Å²) in [5, 5.41) is 4.09. The molecule has 1 amide bonds. The summed E-state index contributed by atoms with van der Waals surface area (Å²) in [5.41, 5.74) is 3.56. The van der Waals surface area contributed by atoms with Crippen molar-refractivity contribution < 1.29 is 9.53 Å². The van der Waals surface area contributed by atoms with Gasteiger partial charge in [0.25, 0.3) is 0 Å². The van der Waals surface area contributed by atoms with Crippen LogP contribution in [0.4, 0.5) is 0 Å². The van der Waals surface area contributed by atoms with Crippen LogP contribution >= 0.6 is 15.9 Å². The van der Waals surface area contributed by atoms with Gasteiger partial charge in [0.05, 0.1) is 13.3 Å². The van der Waals surface area contributed by atoms with E-state index in [4.69, 9.17) is 4.74 Å². The number of fused-ring (bicyclic) bond motifs is 1. The quantitative estimate of drug-likeness (QED) is 0.668. The number of benzene rings is 1. The Hall–Kier alpha value is -1.36. The van der Waals surface area contributed by atoms with E-state index in [2.05, 4.69) is 26.5 Å². The number of carbonyl (C=O) groups is 1. The van der Waals surface area contributed by atoms with Gasteiger partial charge in [-0.25, -0.2) is 5.43 Å². The second-order valence-electron chi connectivity index (χ2n) is 5.76. The predicted octanol–water partition coefficient (Wildman–Crippen LogP) is 3.34. The highest BCUT2D eigenvalue weighted by molar-refractivity contribution is 9.10.